The minimum atomic E-state index is -4.24. The van der Waals surface area contributed by atoms with Crippen molar-refractivity contribution in [1.82, 2.24) is 19.7 Å². The maximum Gasteiger partial charge on any atom is 0.335 e. The van der Waals surface area contributed by atoms with Crippen LogP contribution in [0.4, 0.5) is 11.6 Å². The van der Waals surface area contributed by atoms with Gasteiger partial charge in [-0.05, 0) is 60.6 Å². The number of benzene rings is 3. The SMILES string of the molecule is Cc1cccc(C)c1-c1cc(OC[C@@H](CC(C)(C)C)Nc2cnn(Cc3ccccc3)c2)nc(NS(=O)(=O)c2cccc(C(=O)O)c2)n1.Cl. The second-order valence-electron chi connectivity index (χ2n) is 12.9. The van der Waals surface area contributed by atoms with E-state index in [2.05, 4.69) is 58.0 Å². The van der Waals surface area contributed by atoms with Crippen LogP contribution in [0, 0.1) is 19.3 Å². The van der Waals surface area contributed by atoms with Gasteiger partial charge in [0.05, 0.1) is 40.6 Å². The Morgan fingerprint density at radius 3 is 2.33 bits per heavy atom. The fourth-order valence-electron chi connectivity index (χ4n) is 5.47. The Balaban J connectivity index is 0.00000541. The summed E-state index contributed by atoms with van der Waals surface area (Å²) in [6.45, 7) is 11.2. The highest BCUT2D eigenvalue weighted by atomic mass is 35.5. The normalized spacial score (nSPS) is 12.1. The lowest BCUT2D eigenvalue weighted by Crippen LogP contribution is -2.31. The zero-order valence-corrected chi connectivity index (χ0v) is 29.7. The highest BCUT2D eigenvalue weighted by Gasteiger charge is 2.23. The first-order valence-corrected chi connectivity index (χ1v) is 17.0. The van der Waals surface area contributed by atoms with Crippen LogP contribution in [-0.2, 0) is 16.6 Å². The first-order valence-electron chi connectivity index (χ1n) is 15.5. The van der Waals surface area contributed by atoms with E-state index < -0.39 is 16.0 Å². The number of carboxylic acids is 1. The van der Waals surface area contributed by atoms with Crippen molar-refractivity contribution in [2.24, 2.45) is 5.41 Å². The molecular weight excluding hydrogens is 664 g/mol. The van der Waals surface area contributed by atoms with E-state index in [0.29, 0.717) is 12.2 Å². The fourth-order valence-corrected chi connectivity index (χ4v) is 6.46. The van der Waals surface area contributed by atoms with E-state index in [1.807, 2.05) is 61.1 Å². The summed E-state index contributed by atoms with van der Waals surface area (Å²) in [5.74, 6) is -1.26. The number of halogens is 1. The standard InChI is InChI=1S/C36H40N6O5S.ClH/c1-24-11-9-12-25(2)33(24)31-18-32(40-35(39-31)41-48(45,46)30-16-10-15-27(17-30)34(43)44)47-23-28(19-36(3,4)5)38-29-20-37-42(22-29)21-26-13-7-6-8-14-26;/h6-18,20,22,28,38H,19,21,23H2,1-5H3,(H,43,44)(H,39,40,41);1H/t28-;/m1./s1. The van der Waals surface area contributed by atoms with E-state index in [1.165, 1.54) is 18.2 Å². The zero-order chi connectivity index (χ0) is 34.5. The molecule has 0 aliphatic rings. The Morgan fingerprint density at radius 2 is 1.65 bits per heavy atom. The van der Waals surface area contributed by atoms with Crippen molar-refractivity contribution in [2.45, 2.75) is 58.5 Å². The lowest BCUT2D eigenvalue weighted by molar-refractivity contribution is 0.0696. The molecule has 0 saturated carbocycles. The largest absolute Gasteiger partial charge is 0.478 e. The number of ether oxygens (including phenoxy) is 1. The predicted molar refractivity (Wildman–Crippen MR) is 193 cm³/mol. The molecule has 0 bridgehead atoms. The summed E-state index contributed by atoms with van der Waals surface area (Å²) < 4.78 is 37.3. The van der Waals surface area contributed by atoms with Crippen LogP contribution < -0.4 is 14.8 Å². The number of hydrogen-bond acceptors (Lipinski definition) is 8. The van der Waals surface area contributed by atoms with Gasteiger partial charge in [-0.3, -0.25) is 4.68 Å². The topological polar surface area (TPSA) is 148 Å². The lowest BCUT2D eigenvalue weighted by Gasteiger charge is -2.27. The Labute approximate surface area is 293 Å². The molecule has 0 amide bonds. The molecule has 0 aliphatic carbocycles. The molecule has 2 aromatic heterocycles. The summed E-state index contributed by atoms with van der Waals surface area (Å²) in [5.41, 5.74) is 5.00. The molecule has 49 heavy (non-hydrogen) atoms. The van der Waals surface area contributed by atoms with E-state index in [0.717, 1.165) is 40.4 Å². The van der Waals surface area contributed by atoms with Gasteiger partial charge in [0.25, 0.3) is 10.0 Å². The van der Waals surface area contributed by atoms with Crippen molar-refractivity contribution in [3.05, 3.63) is 114 Å². The molecule has 258 valence electrons. The van der Waals surface area contributed by atoms with Gasteiger partial charge in [-0.15, -0.1) is 12.4 Å². The number of anilines is 2. The number of carboxylic acid groups (broad SMARTS) is 1. The van der Waals surface area contributed by atoms with Crippen LogP contribution in [0.15, 0.2) is 96.2 Å². The highest BCUT2D eigenvalue weighted by Crippen LogP contribution is 2.30. The molecule has 3 N–H and O–H groups in total. The van der Waals surface area contributed by atoms with Crippen molar-refractivity contribution in [1.29, 1.82) is 0 Å². The molecule has 0 aliphatic heterocycles. The number of nitrogens with zero attached hydrogens (tertiary/aromatic N) is 4. The molecule has 0 radical (unpaired) electrons. The van der Waals surface area contributed by atoms with Crippen LogP contribution in [0.1, 0.15) is 54.2 Å². The summed E-state index contributed by atoms with van der Waals surface area (Å²) in [6.07, 6.45) is 4.50. The van der Waals surface area contributed by atoms with Gasteiger partial charge in [0.15, 0.2) is 0 Å². The van der Waals surface area contributed by atoms with Gasteiger partial charge in [-0.1, -0.05) is 75.4 Å². The van der Waals surface area contributed by atoms with Crippen LogP contribution in [0.5, 0.6) is 5.88 Å². The second kappa shape index (κ2) is 15.5. The van der Waals surface area contributed by atoms with Crippen LogP contribution in [0.25, 0.3) is 11.3 Å². The van der Waals surface area contributed by atoms with Gasteiger partial charge in [0.1, 0.15) is 6.61 Å². The van der Waals surface area contributed by atoms with Crippen molar-refractivity contribution >= 4 is 40.0 Å². The Kier molecular flexibility index (Phi) is 11.7. The van der Waals surface area contributed by atoms with Crippen molar-refractivity contribution in [3.63, 3.8) is 0 Å². The van der Waals surface area contributed by atoms with Crippen LogP contribution in [0.3, 0.4) is 0 Å². The molecule has 2 heterocycles. The summed E-state index contributed by atoms with van der Waals surface area (Å²) in [6, 6.07) is 22.6. The third-order valence-electron chi connectivity index (χ3n) is 7.54. The van der Waals surface area contributed by atoms with E-state index in [-0.39, 0.29) is 52.8 Å². The Bertz CT molecular complexity index is 1990. The minimum absolute atomic E-state index is 0. The molecule has 0 unspecified atom stereocenters. The smallest absolute Gasteiger partial charge is 0.335 e. The number of sulfonamides is 1. The van der Waals surface area contributed by atoms with Crippen LogP contribution in [0.2, 0.25) is 0 Å². The number of aromatic nitrogens is 4. The van der Waals surface area contributed by atoms with Gasteiger partial charge >= 0.3 is 5.97 Å². The number of rotatable bonds is 13. The number of carbonyl (C=O) groups is 1. The zero-order valence-electron chi connectivity index (χ0n) is 28.0. The first kappa shape index (κ1) is 36.9. The Morgan fingerprint density at radius 1 is 0.959 bits per heavy atom. The molecule has 3 aromatic carbocycles. The van der Waals surface area contributed by atoms with Crippen molar-refractivity contribution in [3.8, 4) is 17.1 Å². The lowest BCUT2D eigenvalue weighted by atomic mass is 9.88. The average molecular weight is 705 g/mol. The Hall–Kier alpha value is -4.94. The number of aromatic carboxylic acids is 1. The van der Waals surface area contributed by atoms with Gasteiger partial charge in [-0.2, -0.15) is 10.1 Å². The maximum absolute atomic E-state index is 13.4. The molecule has 0 saturated heterocycles. The number of nitrogens with one attached hydrogen (secondary N) is 2. The molecule has 13 heteroatoms. The summed E-state index contributed by atoms with van der Waals surface area (Å²) in [5, 5.41) is 17.5. The van der Waals surface area contributed by atoms with E-state index >= 15 is 0 Å². The summed E-state index contributed by atoms with van der Waals surface area (Å²) >= 11 is 0. The fraction of sp³-hybridized carbons (Fsp3) is 0.278. The molecular formula is C36H41ClN6O5S. The van der Waals surface area contributed by atoms with Gasteiger partial charge < -0.3 is 15.2 Å². The van der Waals surface area contributed by atoms with Crippen LogP contribution in [-0.4, -0.2) is 51.9 Å². The van der Waals surface area contributed by atoms with Crippen LogP contribution >= 0.6 is 12.4 Å². The second-order valence-corrected chi connectivity index (χ2v) is 14.6. The number of hydrogen-bond donors (Lipinski definition) is 3. The van der Waals surface area contributed by atoms with Gasteiger partial charge in [-0.25, -0.2) is 22.9 Å². The van der Waals surface area contributed by atoms with E-state index in [1.54, 1.807) is 12.3 Å². The van der Waals surface area contributed by atoms with Gasteiger partial charge in [0, 0.05) is 17.8 Å². The molecule has 0 fully saturated rings. The number of aryl methyl sites for hydroxylation is 2. The highest BCUT2D eigenvalue weighted by molar-refractivity contribution is 7.92. The minimum Gasteiger partial charge on any atom is -0.478 e. The maximum atomic E-state index is 13.4. The van der Waals surface area contributed by atoms with Crippen molar-refractivity contribution < 1.29 is 23.1 Å². The molecule has 11 nitrogen and oxygen atoms in total. The van der Waals surface area contributed by atoms with E-state index in [9.17, 15) is 18.3 Å². The third-order valence-corrected chi connectivity index (χ3v) is 8.87. The van der Waals surface area contributed by atoms with E-state index in [4.69, 9.17) is 4.74 Å². The molecule has 5 aromatic rings. The third kappa shape index (κ3) is 10.0. The molecule has 1 atom stereocenters. The monoisotopic (exact) mass is 704 g/mol. The summed E-state index contributed by atoms with van der Waals surface area (Å²) in [4.78, 5) is 20.2. The molecule has 5 rings (SSSR count). The summed E-state index contributed by atoms with van der Waals surface area (Å²) in [7, 11) is -4.24. The molecule has 0 spiro atoms. The quantitative estimate of drug-likeness (QED) is 0.115. The average Bonchev–Trinajstić information content (AvgIpc) is 3.45. The van der Waals surface area contributed by atoms with Gasteiger partial charge in [0.2, 0.25) is 11.8 Å². The first-order chi connectivity index (χ1) is 22.8. The predicted octanol–water partition coefficient (Wildman–Crippen LogP) is 7.22. The van der Waals surface area contributed by atoms with Crippen molar-refractivity contribution in [2.75, 3.05) is 16.6 Å².